The van der Waals surface area contributed by atoms with E-state index in [4.69, 9.17) is 4.74 Å². The number of ether oxygens (including phenoxy) is 1. The summed E-state index contributed by atoms with van der Waals surface area (Å²) in [6, 6.07) is 6.36. The molecule has 1 aliphatic heterocycles. The summed E-state index contributed by atoms with van der Waals surface area (Å²) in [6.45, 7) is 0.550. The first-order chi connectivity index (χ1) is 13.6. The van der Waals surface area contributed by atoms with E-state index in [1.807, 2.05) is 6.26 Å². The standard InChI is InChI=1S/C19H18FN5O2S/c1-27-17-10(20)4-3-5-13(17)24-16-14-11(6-8-21-18(14)26)23-15(16)12-7-9-22-19(25-12)28-2/h3-5,7,9,23-24H,6,8H2,1-2H3,(H,21,26). The smallest absolute Gasteiger partial charge is 0.255 e. The van der Waals surface area contributed by atoms with Crippen molar-refractivity contribution in [2.24, 2.45) is 0 Å². The van der Waals surface area contributed by atoms with E-state index in [1.165, 1.54) is 24.9 Å². The van der Waals surface area contributed by atoms with Gasteiger partial charge in [0.1, 0.15) is 0 Å². The molecule has 3 heterocycles. The number of nitrogens with zero attached hydrogens (tertiary/aromatic N) is 2. The lowest BCUT2D eigenvalue weighted by Crippen LogP contribution is -2.31. The molecule has 0 bridgehead atoms. The fraction of sp³-hybridized carbons (Fsp3) is 0.211. The molecular formula is C19H18FN5O2S. The van der Waals surface area contributed by atoms with Crippen LogP contribution in [0.4, 0.5) is 15.8 Å². The molecule has 0 radical (unpaired) electrons. The van der Waals surface area contributed by atoms with E-state index in [2.05, 4.69) is 25.6 Å². The summed E-state index contributed by atoms with van der Waals surface area (Å²) in [4.78, 5) is 24.6. The van der Waals surface area contributed by atoms with Crippen molar-refractivity contribution in [3.63, 3.8) is 0 Å². The largest absolute Gasteiger partial charge is 0.492 e. The molecule has 0 fully saturated rings. The molecule has 2 aromatic heterocycles. The first-order valence-corrected chi connectivity index (χ1v) is 9.84. The zero-order valence-electron chi connectivity index (χ0n) is 15.3. The van der Waals surface area contributed by atoms with Gasteiger partial charge in [-0.25, -0.2) is 14.4 Å². The van der Waals surface area contributed by atoms with E-state index in [0.717, 1.165) is 5.69 Å². The maximum atomic E-state index is 14.1. The number of anilines is 2. The molecule has 144 valence electrons. The molecule has 0 saturated heterocycles. The number of carbonyl (C=O) groups is 1. The number of hydrogen-bond donors (Lipinski definition) is 3. The molecule has 1 aromatic carbocycles. The van der Waals surface area contributed by atoms with Crippen molar-refractivity contribution in [1.29, 1.82) is 0 Å². The molecule has 9 heteroatoms. The van der Waals surface area contributed by atoms with E-state index in [1.54, 1.807) is 24.4 Å². The minimum atomic E-state index is -0.491. The lowest BCUT2D eigenvalue weighted by Gasteiger charge is -2.16. The Labute approximate surface area is 165 Å². The Balaban J connectivity index is 1.89. The van der Waals surface area contributed by atoms with E-state index in [9.17, 15) is 9.18 Å². The predicted octanol–water partition coefficient (Wildman–Crippen LogP) is 3.37. The molecule has 0 saturated carbocycles. The third-order valence-electron chi connectivity index (χ3n) is 4.47. The monoisotopic (exact) mass is 399 g/mol. The van der Waals surface area contributed by atoms with Gasteiger partial charge in [-0.15, -0.1) is 0 Å². The SMILES string of the molecule is COc1c(F)cccc1Nc1c(-c2ccnc(SC)n2)[nH]c2c1C(=O)NCC2. The molecule has 0 spiro atoms. The van der Waals surface area contributed by atoms with E-state index in [-0.39, 0.29) is 11.7 Å². The highest BCUT2D eigenvalue weighted by Crippen LogP contribution is 2.39. The number of nitrogens with one attached hydrogen (secondary N) is 3. The number of halogens is 1. The van der Waals surface area contributed by atoms with Crippen molar-refractivity contribution in [2.45, 2.75) is 11.6 Å². The van der Waals surface area contributed by atoms with Gasteiger partial charge in [0, 0.05) is 24.9 Å². The van der Waals surface area contributed by atoms with Crippen molar-refractivity contribution in [3.05, 3.63) is 47.5 Å². The highest BCUT2D eigenvalue weighted by atomic mass is 32.2. The molecule has 1 amide bonds. The Kier molecular flexibility index (Phi) is 4.91. The summed E-state index contributed by atoms with van der Waals surface area (Å²) < 4.78 is 19.3. The molecule has 7 nitrogen and oxygen atoms in total. The van der Waals surface area contributed by atoms with Crippen LogP contribution < -0.4 is 15.4 Å². The minimum Gasteiger partial charge on any atom is -0.492 e. The Hall–Kier alpha value is -3.07. The maximum absolute atomic E-state index is 14.1. The maximum Gasteiger partial charge on any atom is 0.255 e. The molecule has 4 rings (SSSR count). The van der Waals surface area contributed by atoms with Crippen LogP contribution in [0.25, 0.3) is 11.4 Å². The van der Waals surface area contributed by atoms with Crippen LogP contribution in [0, 0.1) is 5.82 Å². The van der Waals surface area contributed by atoms with Crippen LogP contribution in [-0.4, -0.2) is 40.8 Å². The number of amides is 1. The summed E-state index contributed by atoms with van der Waals surface area (Å²) in [6.07, 6.45) is 4.22. The van der Waals surface area contributed by atoms with Crippen LogP contribution in [-0.2, 0) is 6.42 Å². The van der Waals surface area contributed by atoms with Crippen LogP contribution in [0.1, 0.15) is 16.1 Å². The molecule has 3 N–H and O–H groups in total. The number of benzene rings is 1. The van der Waals surface area contributed by atoms with E-state index in [0.29, 0.717) is 46.4 Å². The Morgan fingerprint density at radius 2 is 2.18 bits per heavy atom. The average Bonchev–Trinajstić information content (AvgIpc) is 3.08. The van der Waals surface area contributed by atoms with Gasteiger partial charge < -0.3 is 20.4 Å². The van der Waals surface area contributed by atoms with Gasteiger partial charge in [-0.05, 0) is 24.5 Å². The summed E-state index contributed by atoms with van der Waals surface area (Å²) in [7, 11) is 1.40. The van der Waals surface area contributed by atoms with Crippen molar-refractivity contribution >= 4 is 29.0 Å². The number of thioether (sulfide) groups is 1. The minimum absolute atomic E-state index is 0.0760. The third kappa shape index (κ3) is 3.18. The van der Waals surface area contributed by atoms with Crippen LogP contribution in [0.5, 0.6) is 5.75 Å². The van der Waals surface area contributed by atoms with Gasteiger partial charge in [-0.1, -0.05) is 17.8 Å². The molecule has 0 atom stereocenters. The highest BCUT2D eigenvalue weighted by Gasteiger charge is 2.28. The van der Waals surface area contributed by atoms with Gasteiger partial charge >= 0.3 is 0 Å². The van der Waals surface area contributed by atoms with Crippen LogP contribution in [0.2, 0.25) is 0 Å². The molecule has 3 aromatic rings. The Morgan fingerprint density at radius 3 is 2.96 bits per heavy atom. The number of aromatic amines is 1. The van der Waals surface area contributed by atoms with E-state index >= 15 is 0 Å². The number of carbonyl (C=O) groups excluding carboxylic acids is 1. The normalized spacial score (nSPS) is 13.0. The number of H-pyrrole nitrogens is 1. The third-order valence-corrected chi connectivity index (χ3v) is 5.03. The lowest BCUT2D eigenvalue weighted by atomic mass is 10.1. The van der Waals surface area contributed by atoms with Crippen LogP contribution in [0.15, 0.2) is 35.6 Å². The van der Waals surface area contributed by atoms with Gasteiger partial charge in [0.05, 0.1) is 35.4 Å². The zero-order valence-corrected chi connectivity index (χ0v) is 16.1. The number of fused-ring (bicyclic) bond motifs is 1. The fourth-order valence-corrected chi connectivity index (χ4v) is 3.58. The van der Waals surface area contributed by atoms with E-state index < -0.39 is 5.82 Å². The fourth-order valence-electron chi connectivity index (χ4n) is 3.22. The summed E-state index contributed by atoms with van der Waals surface area (Å²) in [5.74, 6) is -0.609. The Bertz CT molecular complexity index is 1050. The van der Waals surface area contributed by atoms with Gasteiger partial charge in [0.2, 0.25) is 0 Å². The van der Waals surface area contributed by atoms with Crippen LogP contribution >= 0.6 is 11.8 Å². The quantitative estimate of drug-likeness (QED) is 0.450. The number of aromatic nitrogens is 3. The number of methoxy groups -OCH3 is 1. The highest BCUT2D eigenvalue weighted by molar-refractivity contribution is 7.98. The van der Waals surface area contributed by atoms with Gasteiger partial charge in [-0.3, -0.25) is 4.79 Å². The van der Waals surface area contributed by atoms with Crippen molar-refractivity contribution in [2.75, 3.05) is 25.2 Å². The second kappa shape index (κ2) is 7.51. The summed E-state index contributed by atoms with van der Waals surface area (Å²) in [5, 5.41) is 6.65. The summed E-state index contributed by atoms with van der Waals surface area (Å²) in [5.41, 5.74) is 3.54. The first-order valence-electron chi connectivity index (χ1n) is 8.62. The lowest BCUT2D eigenvalue weighted by molar-refractivity contribution is 0.0947. The van der Waals surface area contributed by atoms with Gasteiger partial charge in [-0.2, -0.15) is 0 Å². The molecule has 0 unspecified atom stereocenters. The number of para-hydroxylation sites is 1. The van der Waals surface area contributed by atoms with Crippen molar-refractivity contribution < 1.29 is 13.9 Å². The second-order valence-electron chi connectivity index (χ2n) is 6.11. The predicted molar refractivity (Wildman–Crippen MR) is 106 cm³/mol. The molecule has 1 aliphatic rings. The topological polar surface area (TPSA) is 91.9 Å². The van der Waals surface area contributed by atoms with Crippen molar-refractivity contribution in [3.8, 4) is 17.1 Å². The average molecular weight is 399 g/mol. The van der Waals surface area contributed by atoms with Gasteiger partial charge in [0.15, 0.2) is 16.7 Å². The zero-order chi connectivity index (χ0) is 19.7. The molecule has 0 aliphatic carbocycles. The summed E-state index contributed by atoms with van der Waals surface area (Å²) >= 11 is 1.43. The van der Waals surface area contributed by atoms with Crippen LogP contribution in [0.3, 0.4) is 0 Å². The van der Waals surface area contributed by atoms with Gasteiger partial charge in [0.25, 0.3) is 5.91 Å². The molecule has 28 heavy (non-hydrogen) atoms. The Morgan fingerprint density at radius 1 is 1.32 bits per heavy atom. The number of hydrogen-bond acceptors (Lipinski definition) is 6. The first kappa shape index (κ1) is 18.3. The molecular weight excluding hydrogens is 381 g/mol. The second-order valence-corrected chi connectivity index (χ2v) is 6.88. The van der Waals surface area contributed by atoms with Crippen molar-refractivity contribution in [1.82, 2.24) is 20.3 Å². The number of rotatable bonds is 5.